The Morgan fingerprint density at radius 1 is 1.33 bits per heavy atom. The van der Waals surface area contributed by atoms with Gasteiger partial charge in [-0.3, -0.25) is 0 Å². The highest BCUT2D eigenvalue weighted by atomic mass is 19.3. The number of carbonyl (C=O) groups is 1. The lowest BCUT2D eigenvalue weighted by atomic mass is 10.2. The van der Waals surface area contributed by atoms with Gasteiger partial charge >= 0.3 is 5.97 Å². The highest BCUT2D eigenvalue weighted by Gasteiger charge is 2.22. The summed E-state index contributed by atoms with van der Waals surface area (Å²) in [6.07, 6.45) is -1.86. The number of nitrogens with zero attached hydrogens (tertiary/aromatic N) is 2. The fourth-order valence-corrected chi connectivity index (χ4v) is 1.64. The molecule has 110 valence electrons. The van der Waals surface area contributed by atoms with E-state index < -0.39 is 18.1 Å². The molecule has 21 heavy (non-hydrogen) atoms. The lowest BCUT2D eigenvalue weighted by molar-refractivity contribution is 0.0513. The summed E-state index contributed by atoms with van der Waals surface area (Å²) in [7, 11) is 0. The van der Waals surface area contributed by atoms with Gasteiger partial charge in [0.1, 0.15) is 11.3 Å². The quantitative estimate of drug-likeness (QED) is 0.857. The monoisotopic (exact) mass is 293 g/mol. The number of aromatic nitrogens is 2. The van der Waals surface area contributed by atoms with Crippen molar-refractivity contribution in [2.24, 2.45) is 0 Å². The number of para-hydroxylation sites is 1. The van der Waals surface area contributed by atoms with E-state index >= 15 is 0 Å². The number of hydrogen-bond acceptors (Lipinski definition) is 5. The van der Waals surface area contributed by atoms with Crippen molar-refractivity contribution in [3.63, 3.8) is 0 Å². The number of halogens is 2. The third-order valence-corrected chi connectivity index (χ3v) is 2.55. The van der Waals surface area contributed by atoms with E-state index in [2.05, 4.69) is 15.3 Å². The van der Waals surface area contributed by atoms with Crippen LogP contribution in [0.5, 0.6) is 0 Å². The minimum Gasteiger partial charge on any atom is -0.462 e. The lowest BCUT2D eigenvalue weighted by Crippen LogP contribution is -2.12. The van der Waals surface area contributed by atoms with E-state index in [4.69, 9.17) is 4.74 Å². The molecule has 0 aliphatic carbocycles. The second kappa shape index (κ2) is 6.74. The Morgan fingerprint density at radius 2 is 2.05 bits per heavy atom. The molecule has 0 unspecified atom stereocenters. The summed E-state index contributed by atoms with van der Waals surface area (Å²) in [5.41, 5.74) is -0.325. The van der Waals surface area contributed by atoms with E-state index in [1.54, 1.807) is 31.2 Å². The number of alkyl halides is 2. The fraction of sp³-hybridized carbons (Fsp3) is 0.214. The molecule has 0 aliphatic rings. The molecule has 0 saturated carbocycles. The predicted molar refractivity (Wildman–Crippen MR) is 72.7 cm³/mol. The van der Waals surface area contributed by atoms with Crippen LogP contribution in [0, 0.1) is 0 Å². The lowest BCUT2D eigenvalue weighted by Gasteiger charge is -2.10. The van der Waals surface area contributed by atoms with Gasteiger partial charge in [0.2, 0.25) is 5.95 Å². The van der Waals surface area contributed by atoms with Crippen molar-refractivity contribution in [3.8, 4) is 0 Å². The number of benzene rings is 1. The Kier molecular flexibility index (Phi) is 4.76. The van der Waals surface area contributed by atoms with Crippen molar-refractivity contribution in [3.05, 3.63) is 47.8 Å². The first-order valence-corrected chi connectivity index (χ1v) is 6.26. The van der Waals surface area contributed by atoms with Gasteiger partial charge in [-0.05, 0) is 19.1 Å². The van der Waals surface area contributed by atoms with E-state index in [9.17, 15) is 13.6 Å². The van der Waals surface area contributed by atoms with Gasteiger partial charge in [-0.25, -0.2) is 23.5 Å². The molecule has 0 aliphatic heterocycles. The number of esters is 1. The fourth-order valence-electron chi connectivity index (χ4n) is 1.64. The maximum Gasteiger partial charge on any atom is 0.341 e. The molecular formula is C14H13F2N3O2. The second-order valence-electron chi connectivity index (χ2n) is 4.00. The molecule has 0 amide bonds. The molecule has 0 bridgehead atoms. The van der Waals surface area contributed by atoms with Crippen LogP contribution in [0.4, 0.5) is 20.4 Å². The maximum atomic E-state index is 13.0. The molecule has 0 fully saturated rings. The molecule has 5 nitrogen and oxygen atoms in total. The Hall–Kier alpha value is -2.57. The van der Waals surface area contributed by atoms with Crippen LogP contribution in [0.1, 0.15) is 29.4 Å². The molecule has 0 spiro atoms. The maximum absolute atomic E-state index is 13.0. The second-order valence-corrected chi connectivity index (χ2v) is 4.00. The molecule has 1 aromatic heterocycles. The van der Waals surface area contributed by atoms with Gasteiger partial charge in [0.25, 0.3) is 6.43 Å². The predicted octanol–water partition coefficient (Wildman–Crippen LogP) is 3.33. The molecule has 2 rings (SSSR count). The zero-order valence-electron chi connectivity index (χ0n) is 11.2. The van der Waals surface area contributed by atoms with E-state index in [1.807, 2.05) is 6.07 Å². The van der Waals surface area contributed by atoms with Crippen LogP contribution in [-0.2, 0) is 4.74 Å². The zero-order chi connectivity index (χ0) is 15.2. The summed E-state index contributed by atoms with van der Waals surface area (Å²) in [5.74, 6) is -0.872. The first kappa shape index (κ1) is 14.8. The summed E-state index contributed by atoms with van der Waals surface area (Å²) < 4.78 is 30.7. The van der Waals surface area contributed by atoms with E-state index in [-0.39, 0.29) is 18.1 Å². The summed E-state index contributed by atoms with van der Waals surface area (Å²) in [4.78, 5) is 19.1. The van der Waals surface area contributed by atoms with E-state index in [1.165, 1.54) is 0 Å². The van der Waals surface area contributed by atoms with Gasteiger partial charge in [0.15, 0.2) is 0 Å². The number of rotatable bonds is 5. The van der Waals surface area contributed by atoms with Crippen molar-refractivity contribution in [2.45, 2.75) is 13.3 Å². The van der Waals surface area contributed by atoms with Crippen LogP contribution in [0.2, 0.25) is 0 Å². The highest BCUT2D eigenvalue weighted by Crippen LogP contribution is 2.23. The van der Waals surface area contributed by atoms with Crippen molar-refractivity contribution in [2.75, 3.05) is 11.9 Å². The SMILES string of the molecule is CCOC(=O)c1cnc(Nc2ccccc2)nc1C(F)F. The minimum absolute atomic E-state index is 0.00968. The van der Waals surface area contributed by atoms with Crippen molar-refractivity contribution >= 4 is 17.6 Å². The number of hydrogen-bond donors (Lipinski definition) is 1. The van der Waals surface area contributed by atoms with Gasteiger partial charge < -0.3 is 10.1 Å². The summed E-state index contributed by atoms with van der Waals surface area (Å²) >= 11 is 0. The first-order chi connectivity index (χ1) is 10.1. The van der Waals surface area contributed by atoms with E-state index in [0.717, 1.165) is 6.20 Å². The molecule has 1 N–H and O–H groups in total. The summed E-state index contributed by atoms with van der Waals surface area (Å²) in [6, 6.07) is 8.86. The largest absolute Gasteiger partial charge is 0.462 e. The molecular weight excluding hydrogens is 280 g/mol. The van der Waals surface area contributed by atoms with Gasteiger partial charge in [0, 0.05) is 11.9 Å². The molecule has 0 radical (unpaired) electrons. The van der Waals surface area contributed by atoms with Crippen LogP contribution in [0.25, 0.3) is 0 Å². The highest BCUT2D eigenvalue weighted by molar-refractivity contribution is 5.90. The van der Waals surface area contributed by atoms with Crippen LogP contribution < -0.4 is 5.32 Å². The van der Waals surface area contributed by atoms with Gasteiger partial charge in [0.05, 0.1) is 6.61 Å². The minimum atomic E-state index is -2.90. The number of ether oxygens (including phenoxy) is 1. The molecule has 7 heteroatoms. The smallest absolute Gasteiger partial charge is 0.341 e. The van der Waals surface area contributed by atoms with Gasteiger partial charge in [-0.15, -0.1) is 0 Å². The number of anilines is 2. The van der Waals surface area contributed by atoms with Gasteiger partial charge in [-0.1, -0.05) is 18.2 Å². The average Bonchev–Trinajstić information content (AvgIpc) is 2.48. The third kappa shape index (κ3) is 3.71. The van der Waals surface area contributed by atoms with Crippen LogP contribution in [-0.4, -0.2) is 22.5 Å². The third-order valence-electron chi connectivity index (χ3n) is 2.55. The molecule has 2 aromatic rings. The summed E-state index contributed by atoms with van der Waals surface area (Å²) in [5, 5.41) is 2.79. The normalized spacial score (nSPS) is 10.5. The standard InChI is InChI=1S/C14H13F2N3O2/c1-2-21-13(20)10-8-17-14(19-11(10)12(15)16)18-9-6-4-3-5-7-9/h3-8,12H,2H2,1H3,(H,17,18,19). The Morgan fingerprint density at radius 3 is 2.67 bits per heavy atom. The Labute approximate surface area is 120 Å². The zero-order valence-corrected chi connectivity index (χ0v) is 11.2. The van der Waals surface area contributed by atoms with Crippen LogP contribution >= 0.6 is 0 Å². The average molecular weight is 293 g/mol. The van der Waals surface area contributed by atoms with E-state index in [0.29, 0.717) is 5.69 Å². The van der Waals surface area contributed by atoms with Crippen molar-refractivity contribution in [1.82, 2.24) is 9.97 Å². The Bertz CT molecular complexity index is 621. The van der Waals surface area contributed by atoms with Gasteiger partial charge in [-0.2, -0.15) is 0 Å². The van der Waals surface area contributed by atoms with Crippen LogP contribution in [0.15, 0.2) is 36.5 Å². The Balaban J connectivity index is 2.30. The van der Waals surface area contributed by atoms with Crippen molar-refractivity contribution < 1.29 is 18.3 Å². The molecule has 0 atom stereocenters. The summed E-state index contributed by atoms with van der Waals surface area (Å²) in [6.45, 7) is 1.68. The number of nitrogens with one attached hydrogen (secondary N) is 1. The van der Waals surface area contributed by atoms with Crippen molar-refractivity contribution in [1.29, 1.82) is 0 Å². The topological polar surface area (TPSA) is 64.1 Å². The molecule has 1 heterocycles. The molecule has 0 saturated heterocycles. The molecule has 1 aromatic carbocycles. The van der Waals surface area contributed by atoms with Crippen LogP contribution in [0.3, 0.4) is 0 Å². The number of carbonyl (C=O) groups excluding carboxylic acids is 1. The first-order valence-electron chi connectivity index (χ1n) is 6.26.